The van der Waals surface area contributed by atoms with E-state index in [1.807, 2.05) is 42.5 Å². The van der Waals surface area contributed by atoms with Crippen LogP contribution in [-0.4, -0.2) is 41.4 Å². The highest BCUT2D eigenvalue weighted by Crippen LogP contribution is 2.32. The standard InChI is InChI=1S/C20H21N3O4S/c1-26-15-9-8-13(10-16(15)27-2)12-23-18(24)11-17(19(21)25)28-20(23)22-14-6-4-3-5-7-14/h3-10,17H,11-12H2,1-2H3,(H2,21,25). The molecule has 1 heterocycles. The smallest absolute Gasteiger partial charge is 0.231 e. The molecule has 0 saturated carbocycles. The number of ether oxygens (including phenoxy) is 2. The van der Waals surface area contributed by atoms with Crippen molar-refractivity contribution in [1.82, 2.24) is 4.90 Å². The molecule has 0 aromatic heterocycles. The third-order valence-electron chi connectivity index (χ3n) is 4.23. The van der Waals surface area contributed by atoms with Gasteiger partial charge < -0.3 is 15.2 Å². The number of hydrogen-bond donors (Lipinski definition) is 1. The van der Waals surface area contributed by atoms with Crippen molar-refractivity contribution in [1.29, 1.82) is 0 Å². The topological polar surface area (TPSA) is 94.2 Å². The molecule has 0 spiro atoms. The minimum absolute atomic E-state index is 0.0428. The number of benzene rings is 2. The molecule has 0 radical (unpaired) electrons. The molecule has 2 aromatic rings. The predicted molar refractivity (Wildman–Crippen MR) is 109 cm³/mol. The number of carbonyl (C=O) groups is 2. The van der Waals surface area contributed by atoms with Gasteiger partial charge >= 0.3 is 0 Å². The minimum atomic E-state index is -0.628. The van der Waals surface area contributed by atoms with Crippen molar-refractivity contribution in [2.24, 2.45) is 10.7 Å². The highest BCUT2D eigenvalue weighted by Gasteiger charge is 2.35. The van der Waals surface area contributed by atoms with Crippen LogP contribution in [0.15, 0.2) is 53.5 Å². The molecule has 1 fully saturated rings. The molecule has 0 bridgehead atoms. The number of amides is 2. The minimum Gasteiger partial charge on any atom is -0.493 e. The average molecular weight is 399 g/mol. The van der Waals surface area contributed by atoms with Crippen molar-refractivity contribution < 1.29 is 19.1 Å². The van der Waals surface area contributed by atoms with Crippen LogP contribution in [0.2, 0.25) is 0 Å². The highest BCUT2D eigenvalue weighted by molar-refractivity contribution is 8.15. The number of para-hydroxylation sites is 1. The normalized spacial score (nSPS) is 18.2. The molecule has 1 aliphatic rings. The number of rotatable bonds is 6. The fraction of sp³-hybridized carbons (Fsp3) is 0.250. The Morgan fingerprint density at radius 2 is 1.89 bits per heavy atom. The number of methoxy groups -OCH3 is 2. The van der Waals surface area contributed by atoms with Gasteiger partial charge in [0.25, 0.3) is 0 Å². The molecule has 2 amide bonds. The van der Waals surface area contributed by atoms with Crippen LogP contribution in [0.25, 0.3) is 0 Å². The molecular formula is C20H21N3O4S. The second-order valence-electron chi connectivity index (χ2n) is 6.11. The molecule has 8 heteroatoms. The van der Waals surface area contributed by atoms with Gasteiger partial charge in [0, 0.05) is 6.42 Å². The summed E-state index contributed by atoms with van der Waals surface area (Å²) in [6.07, 6.45) is 0.0428. The number of carbonyl (C=O) groups excluding carboxylic acids is 2. The first-order chi connectivity index (χ1) is 13.5. The number of primary amides is 1. The van der Waals surface area contributed by atoms with Gasteiger partial charge in [-0.25, -0.2) is 4.99 Å². The van der Waals surface area contributed by atoms with Gasteiger partial charge in [-0.3, -0.25) is 14.5 Å². The van der Waals surface area contributed by atoms with E-state index in [4.69, 9.17) is 15.2 Å². The summed E-state index contributed by atoms with van der Waals surface area (Å²) in [6.45, 7) is 0.295. The van der Waals surface area contributed by atoms with Crippen molar-refractivity contribution >= 4 is 34.4 Å². The summed E-state index contributed by atoms with van der Waals surface area (Å²) in [5, 5.41) is -0.183. The molecular weight excluding hydrogens is 378 g/mol. The van der Waals surface area contributed by atoms with E-state index in [0.29, 0.717) is 28.9 Å². The lowest BCUT2D eigenvalue weighted by atomic mass is 10.1. The third kappa shape index (κ3) is 4.45. The number of nitrogens with zero attached hydrogens (tertiary/aromatic N) is 2. The number of thioether (sulfide) groups is 1. The van der Waals surface area contributed by atoms with Crippen molar-refractivity contribution in [3.63, 3.8) is 0 Å². The summed E-state index contributed by atoms with van der Waals surface area (Å²) in [5.74, 6) is 0.461. The van der Waals surface area contributed by atoms with E-state index in [9.17, 15) is 9.59 Å². The number of amidine groups is 1. The molecule has 28 heavy (non-hydrogen) atoms. The van der Waals surface area contributed by atoms with Gasteiger partial charge in [-0.2, -0.15) is 0 Å². The Morgan fingerprint density at radius 1 is 1.18 bits per heavy atom. The van der Waals surface area contributed by atoms with Gasteiger partial charge in [-0.05, 0) is 29.8 Å². The molecule has 1 aliphatic heterocycles. The SMILES string of the molecule is COc1ccc(CN2C(=O)CC(C(N)=O)SC2=Nc2ccccc2)cc1OC. The number of aliphatic imine (C=N–C) groups is 1. The van der Waals surface area contributed by atoms with E-state index in [2.05, 4.69) is 4.99 Å². The highest BCUT2D eigenvalue weighted by atomic mass is 32.2. The van der Waals surface area contributed by atoms with Gasteiger partial charge in [0.1, 0.15) is 0 Å². The molecule has 7 nitrogen and oxygen atoms in total. The summed E-state index contributed by atoms with van der Waals surface area (Å²) < 4.78 is 10.6. The third-order valence-corrected chi connectivity index (χ3v) is 5.43. The van der Waals surface area contributed by atoms with E-state index in [1.54, 1.807) is 25.2 Å². The first kappa shape index (κ1) is 19.8. The first-order valence-electron chi connectivity index (χ1n) is 8.62. The summed E-state index contributed by atoms with van der Waals surface area (Å²) in [5.41, 5.74) is 6.98. The Hall–Kier alpha value is -3.00. The Bertz CT molecular complexity index is 902. The van der Waals surface area contributed by atoms with Crippen molar-refractivity contribution in [3.05, 3.63) is 54.1 Å². The maximum atomic E-state index is 12.8. The second-order valence-corrected chi connectivity index (χ2v) is 7.28. The predicted octanol–water partition coefficient (Wildman–Crippen LogP) is 2.71. The fourth-order valence-corrected chi connectivity index (χ4v) is 3.83. The second kappa shape index (κ2) is 8.79. The van der Waals surface area contributed by atoms with Crippen LogP contribution >= 0.6 is 11.8 Å². The average Bonchev–Trinajstić information content (AvgIpc) is 2.70. The van der Waals surface area contributed by atoms with Gasteiger partial charge in [0.15, 0.2) is 16.7 Å². The lowest BCUT2D eigenvalue weighted by Gasteiger charge is -2.31. The van der Waals surface area contributed by atoms with Crippen LogP contribution in [0.5, 0.6) is 11.5 Å². The van der Waals surface area contributed by atoms with Gasteiger partial charge in [-0.15, -0.1) is 0 Å². The Kier molecular flexibility index (Phi) is 6.20. The molecule has 2 N–H and O–H groups in total. The summed E-state index contributed by atoms with van der Waals surface area (Å²) in [4.78, 5) is 30.6. The molecule has 146 valence electrons. The summed E-state index contributed by atoms with van der Waals surface area (Å²) in [7, 11) is 3.13. The van der Waals surface area contributed by atoms with E-state index < -0.39 is 11.2 Å². The van der Waals surface area contributed by atoms with E-state index in [1.165, 1.54) is 11.8 Å². The van der Waals surface area contributed by atoms with Crippen LogP contribution in [0.3, 0.4) is 0 Å². The van der Waals surface area contributed by atoms with Crippen LogP contribution < -0.4 is 15.2 Å². The van der Waals surface area contributed by atoms with Crippen molar-refractivity contribution in [3.8, 4) is 11.5 Å². The van der Waals surface area contributed by atoms with E-state index in [0.717, 1.165) is 5.56 Å². The largest absolute Gasteiger partial charge is 0.493 e. The van der Waals surface area contributed by atoms with Crippen LogP contribution in [0, 0.1) is 0 Å². The number of hydrogen-bond acceptors (Lipinski definition) is 6. The van der Waals surface area contributed by atoms with E-state index in [-0.39, 0.29) is 12.3 Å². The molecule has 2 aromatic carbocycles. The maximum absolute atomic E-state index is 12.8. The molecule has 1 saturated heterocycles. The molecule has 1 atom stereocenters. The Morgan fingerprint density at radius 3 is 2.54 bits per heavy atom. The summed E-state index contributed by atoms with van der Waals surface area (Å²) >= 11 is 1.21. The van der Waals surface area contributed by atoms with Gasteiger partial charge in [-0.1, -0.05) is 36.0 Å². The van der Waals surface area contributed by atoms with Gasteiger partial charge in [0.2, 0.25) is 11.8 Å². The van der Waals surface area contributed by atoms with Crippen LogP contribution in [-0.2, 0) is 16.1 Å². The quantitative estimate of drug-likeness (QED) is 0.806. The zero-order valence-corrected chi connectivity index (χ0v) is 16.4. The molecule has 1 unspecified atom stereocenters. The number of nitrogens with two attached hydrogens (primary N) is 1. The zero-order valence-electron chi connectivity index (χ0n) is 15.6. The molecule has 3 rings (SSSR count). The molecule has 0 aliphatic carbocycles. The Labute approximate surface area is 167 Å². The lowest BCUT2D eigenvalue weighted by molar-refractivity contribution is -0.130. The van der Waals surface area contributed by atoms with E-state index >= 15 is 0 Å². The van der Waals surface area contributed by atoms with Crippen molar-refractivity contribution in [2.75, 3.05) is 14.2 Å². The van der Waals surface area contributed by atoms with Crippen LogP contribution in [0.1, 0.15) is 12.0 Å². The first-order valence-corrected chi connectivity index (χ1v) is 9.50. The monoisotopic (exact) mass is 399 g/mol. The lowest BCUT2D eigenvalue weighted by Crippen LogP contribution is -2.45. The van der Waals surface area contributed by atoms with Crippen molar-refractivity contribution in [2.45, 2.75) is 18.2 Å². The maximum Gasteiger partial charge on any atom is 0.231 e. The van der Waals surface area contributed by atoms with Gasteiger partial charge in [0.05, 0.1) is 31.7 Å². The Balaban J connectivity index is 1.93. The fourth-order valence-electron chi connectivity index (χ4n) is 2.78. The van der Waals surface area contributed by atoms with Crippen LogP contribution in [0.4, 0.5) is 5.69 Å². The zero-order chi connectivity index (χ0) is 20.1. The summed E-state index contributed by atoms with van der Waals surface area (Å²) in [6, 6.07) is 14.7.